The molecule has 0 radical (unpaired) electrons. The summed E-state index contributed by atoms with van der Waals surface area (Å²) >= 11 is 0. The summed E-state index contributed by atoms with van der Waals surface area (Å²) in [4.78, 5) is 13.1. The minimum atomic E-state index is -0.151. The largest absolute Gasteiger partial charge is 0.384 e. The molecule has 0 fully saturated rings. The molecule has 1 aromatic heterocycles. The number of carbonyl (C=O) groups excluding carboxylic acids is 1. The number of amides is 1. The first-order valence-corrected chi connectivity index (χ1v) is 5.82. The number of aromatic nitrogens is 2. The molecule has 0 aromatic carbocycles. The second kappa shape index (κ2) is 6.90. The van der Waals surface area contributed by atoms with Crippen LogP contribution in [0.15, 0.2) is 12.1 Å². The van der Waals surface area contributed by atoms with E-state index in [0.717, 1.165) is 6.54 Å². The summed E-state index contributed by atoms with van der Waals surface area (Å²) in [5.41, 5.74) is 0.343. The minimum absolute atomic E-state index is 0.151. The summed E-state index contributed by atoms with van der Waals surface area (Å²) in [6.07, 6.45) is 0. The van der Waals surface area contributed by atoms with Gasteiger partial charge in [-0.1, -0.05) is 6.92 Å². The van der Waals surface area contributed by atoms with Crippen LogP contribution in [0.2, 0.25) is 0 Å². The third-order valence-corrected chi connectivity index (χ3v) is 2.37. The zero-order valence-electron chi connectivity index (χ0n) is 11.3. The predicted octanol–water partition coefficient (Wildman–Crippen LogP) is 0.873. The van der Waals surface area contributed by atoms with Crippen molar-refractivity contribution in [3.63, 3.8) is 0 Å². The Morgan fingerprint density at radius 1 is 1.44 bits per heavy atom. The van der Waals surface area contributed by atoms with Crippen molar-refractivity contribution in [1.29, 1.82) is 0 Å². The van der Waals surface area contributed by atoms with Crippen LogP contribution in [0.5, 0.6) is 0 Å². The third kappa shape index (κ3) is 4.29. The Bertz CT molecular complexity index is 378. The van der Waals surface area contributed by atoms with Crippen LogP contribution in [0.25, 0.3) is 0 Å². The van der Waals surface area contributed by atoms with Crippen molar-refractivity contribution in [2.45, 2.75) is 6.92 Å². The molecule has 0 aliphatic carbocycles. The number of methoxy groups -OCH3 is 1. The molecular weight excluding hydrogens is 232 g/mol. The highest BCUT2D eigenvalue weighted by Crippen LogP contribution is 2.05. The SMILES string of the molecule is COCC(C)CNc1ccc(C(=O)N(C)C)nn1. The fourth-order valence-electron chi connectivity index (χ4n) is 1.39. The first-order valence-electron chi connectivity index (χ1n) is 5.82. The summed E-state index contributed by atoms with van der Waals surface area (Å²) < 4.78 is 5.04. The lowest BCUT2D eigenvalue weighted by atomic mass is 10.2. The molecule has 6 nitrogen and oxygen atoms in total. The summed E-state index contributed by atoms with van der Waals surface area (Å²) in [7, 11) is 5.04. The average molecular weight is 252 g/mol. The molecule has 1 N–H and O–H groups in total. The monoisotopic (exact) mass is 252 g/mol. The van der Waals surface area contributed by atoms with Gasteiger partial charge in [0.1, 0.15) is 5.82 Å². The molecule has 1 rings (SSSR count). The predicted molar refractivity (Wildman–Crippen MR) is 69.6 cm³/mol. The number of anilines is 1. The van der Waals surface area contributed by atoms with Crippen molar-refractivity contribution in [3.8, 4) is 0 Å². The van der Waals surface area contributed by atoms with E-state index in [1.54, 1.807) is 33.3 Å². The Kier molecular flexibility index (Phi) is 5.51. The highest BCUT2D eigenvalue weighted by atomic mass is 16.5. The van der Waals surface area contributed by atoms with Gasteiger partial charge in [0.2, 0.25) is 0 Å². The number of ether oxygens (including phenoxy) is 1. The lowest BCUT2D eigenvalue weighted by molar-refractivity contribution is 0.0821. The van der Waals surface area contributed by atoms with Crippen LogP contribution in [-0.2, 0) is 4.74 Å². The first kappa shape index (κ1) is 14.4. The van der Waals surface area contributed by atoms with Crippen LogP contribution >= 0.6 is 0 Å². The highest BCUT2D eigenvalue weighted by molar-refractivity contribution is 5.91. The molecule has 1 atom stereocenters. The van der Waals surface area contributed by atoms with Crippen molar-refractivity contribution in [1.82, 2.24) is 15.1 Å². The van der Waals surface area contributed by atoms with E-state index in [1.807, 2.05) is 0 Å². The molecule has 0 saturated carbocycles. The summed E-state index contributed by atoms with van der Waals surface area (Å²) in [5.74, 6) is 0.898. The fourth-order valence-corrected chi connectivity index (χ4v) is 1.39. The summed E-state index contributed by atoms with van der Waals surface area (Å²) in [6.45, 7) is 3.52. The van der Waals surface area contributed by atoms with Gasteiger partial charge in [0.15, 0.2) is 5.69 Å². The molecule has 0 spiro atoms. The number of hydrogen-bond donors (Lipinski definition) is 1. The fraction of sp³-hybridized carbons (Fsp3) is 0.583. The molecule has 0 saturated heterocycles. The maximum absolute atomic E-state index is 11.6. The molecule has 0 bridgehead atoms. The summed E-state index contributed by atoms with van der Waals surface area (Å²) in [6, 6.07) is 3.42. The zero-order chi connectivity index (χ0) is 13.5. The van der Waals surface area contributed by atoms with Gasteiger partial charge in [-0.25, -0.2) is 0 Å². The zero-order valence-corrected chi connectivity index (χ0v) is 11.3. The van der Waals surface area contributed by atoms with E-state index in [9.17, 15) is 4.79 Å². The van der Waals surface area contributed by atoms with E-state index in [0.29, 0.717) is 24.0 Å². The lowest BCUT2D eigenvalue weighted by Crippen LogP contribution is -2.23. The van der Waals surface area contributed by atoms with Crippen LogP contribution < -0.4 is 5.32 Å². The van der Waals surface area contributed by atoms with Crippen molar-refractivity contribution < 1.29 is 9.53 Å². The summed E-state index contributed by atoms with van der Waals surface area (Å²) in [5, 5.41) is 11.0. The van der Waals surface area contributed by atoms with Gasteiger partial charge in [-0.15, -0.1) is 10.2 Å². The maximum atomic E-state index is 11.6. The second-order valence-electron chi connectivity index (χ2n) is 4.44. The number of nitrogens with one attached hydrogen (secondary N) is 1. The van der Waals surface area contributed by atoms with Gasteiger partial charge >= 0.3 is 0 Å². The van der Waals surface area contributed by atoms with Crippen LogP contribution in [0.1, 0.15) is 17.4 Å². The van der Waals surface area contributed by atoms with Gasteiger partial charge in [0.05, 0.1) is 6.61 Å². The Morgan fingerprint density at radius 2 is 2.17 bits per heavy atom. The van der Waals surface area contributed by atoms with E-state index < -0.39 is 0 Å². The van der Waals surface area contributed by atoms with Gasteiger partial charge in [0, 0.05) is 27.7 Å². The van der Waals surface area contributed by atoms with Crippen LogP contribution in [0.3, 0.4) is 0 Å². The third-order valence-electron chi connectivity index (χ3n) is 2.37. The van der Waals surface area contributed by atoms with Gasteiger partial charge in [-0.2, -0.15) is 0 Å². The quantitative estimate of drug-likeness (QED) is 0.813. The van der Waals surface area contributed by atoms with E-state index >= 15 is 0 Å². The second-order valence-corrected chi connectivity index (χ2v) is 4.44. The van der Waals surface area contributed by atoms with Gasteiger partial charge < -0.3 is 15.0 Å². The van der Waals surface area contributed by atoms with Crippen LogP contribution in [0.4, 0.5) is 5.82 Å². The molecule has 1 aromatic rings. The van der Waals surface area contributed by atoms with Crippen molar-refractivity contribution in [2.75, 3.05) is 39.7 Å². The molecule has 6 heteroatoms. The topological polar surface area (TPSA) is 67.3 Å². The van der Waals surface area contributed by atoms with Gasteiger partial charge in [0.25, 0.3) is 5.91 Å². The lowest BCUT2D eigenvalue weighted by Gasteiger charge is -2.12. The maximum Gasteiger partial charge on any atom is 0.273 e. The van der Waals surface area contributed by atoms with Crippen LogP contribution in [-0.4, -0.2) is 55.4 Å². The molecule has 0 aliphatic rings. The first-order chi connectivity index (χ1) is 8.54. The van der Waals surface area contributed by atoms with Gasteiger partial charge in [-0.05, 0) is 18.1 Å². The van der Waals surface area contributed by atoms with E-state index in [1.165, 1.54) is 4.90 Å². The Balaban J connectivity index is 2.53. The van der Waals surface area contributed by atoms with Crippen molar-refractivity contribution in [3.05, 3.63) is 17.8 Å². The molecule has 18 heavy (non-hydrogen) atoms. The molecule has 1 unspecified atom stereocenters. The Hall–Kier alpha value is -1.69. The molecule has 0 aliphatic heterocycles. The number of carbonyl (C=O) groups is 1. The minimum Gasteiger partial charge on any atom is -0.384 e. The van der Waals surface area contributed by atoms with Crippen LogP contribution in [0, 0.1) is 5.92 Å². The molecule has 1 amide bonds. The smallest absolute Gasteiger partial charge is 0.273 e. The Labute approximate surface area is 107 Å². The van der Waals surface area contributed by atoms with Gasteiger partial charge in [-0.3, -0.25) is 4.79 Å². The molecule has 100 valence electrons. The normalized spacial score (nSPS) is 12.0. The molecular formula is C12H20N4O2. The number of rotatable bonds is 6. The average Bonchev–Trinajstić information content (AvgIpc) is 2.36. The van der Waals surface area contributed by atoms with E-state index in [-0.39, 0.29) is 5.91 Å². The number of hydrogen-bond acceptors (Lipinski definition) is 5. The number of nitrogens with zero attached hydrogens (tertiary/aromatic N) is 3. The van der Waals surface area contributed by atoms with E-state index in [2.05, 4.69) is 22.4 Å². The highest BCUT2D eigenvalue weighted by Gasteiger charge is 2.10. The standard InChI is InChI=1S/C12H20N4O2/c1-9(8-18-4)7-13-11-6-5-10(14-15-11)12(17)16(2)3/h5-6,9H,7-8H2,1-4H3,(H,13,15). The molecule has 1 heterocycles. The van der Waals surface area contributed by atoms with E-state index in [4.69, 9.17) is 4.74 Å². The van der Waals surface area contributed by atoms with Crippen molar-refractivity contribution in [2.24, 2.45) is 5.92 Å². The van der Waals surface area contributed by atoms with Crippen molar-refractivity contribution >= 4 is 11.7 Å². The Morgan fingerprint density at radius 3 is 2.67 bits per heavy atom.